The molecule has 1 aromatic carbocycles. The van der Waals surface area contributed by atoms with Gasteiger partial charge in [0.05, 0.1) is 6.61 Å². The van der Waals surface area contributed by atoms with Gasteiger partial charge in [-0.3, -0.25) is 9.59 Å². The standard InChI is InChI=1S/C26H42O5/c1-2-3-4-5-10-16-21-30-25(27)19-14-8-6-7-9-15-20-26(28)31-23-22-29-24-17-12-11-13-18-24/h11-13,17-18H,2-10,14-16,19-23H2,1H3. The van der Waals surface area contributed by atoms with E-state index < -0.39 is 0 Å². The topological polar surface area (TPSA) is 61.8 Å². The molecular weight excluding hydrogens is 392 g/mol. The van der Waals surface area contributed by atoms with E-state index in [9.17, 15) is 9.59 Å². The van der Waals surface area contributed by atoms with Gasteiger partial charge in [-0.05, 0) is 31.4 Å². The van der Waals surface area contributed by atoms with E-state index in [-0.39, 0.29) is 18.5 Å². The normalized spacial score (nSPS) is 10.6. The molecule has 0 saturated carbocycles. The summed E-state index contributed by atoms with van der Waals surface area (Å²) >= 11 is 0. The first kappa shape index (κ1) is 27.0. The molecule has 0 unspecified atom stereocenters. The van der Waals surface area contributed by atoms with Crippen molar-refractivity contribution in [3.8, 4) is 5.75 Å². The molecule has 0 amide bonds. The number of hydrogen-bond acceptors (Lipinski definition) is 5. The van der Waals surface area contributed by atoms with Crippen molar-refractivity contribution in [3.05, 3.63) is 30.3 Å². The van der Waals surface area contributed by atoms with Crippen LogP contribution >= 0.6 is 0 Å². The molecular formula is C26H42O5. The van der Waals surface area contributed by atoms with Crippen LogP contribution in [0.1, 0.15) is 96.8 Å². The average Bonchev–Trinajstić information content (AvgIpc) is 2.78. The van der Waals surface area contributed by atoms with Gasteiger partial charge < -0.3 is 14.2 Å². The zero-order valence-electron chi connectivity index (χ0n) is 19.4. The molecule has 0 saturated heterocycles. The fraction of sp³-hybridized carbons (Fsp3) is 0.692. The molecule has 0 aliphatic heterocycles. The molecule has 0 aromatic heterocycles. The van der Waals surface area contributed by atoms with Crippen molar-refractivity contribution in [3.63, 3.8) is 0 Å². The molecule has 0 radical (unpaired) electrons. The lowest BCUT2D eigenvalue weighted by Gasteiger charge is -2.07. The molecule has 31 heavy (non-hydrogen) atoms. The van der Waals surface area contributed by atoms with E-state index >= 15 is 0 Å². The quantitative estimate of drug-likeness (QED) is 0.170. The van der Waals surface area contributed by atoms with Crippen molar-refractivity contribution in [2.24, 2.45) is 0 Å². The number of para-hydroxylation sites is 1. The Morgan fingerprint density at radius 1 is 0.613 bits per heavy atom. The molecule has 0 fully saturated rings. The lowest BCUT2D eigenvalue weighted by atomic mass is 10.1. The summed E-state index contributed by atoms with van der Waals surface area (Å²) in [4.78, 5) is 23.4. The Labute approximate surface area is 188 Å². The highest BCUT2D eigenvalue weighted by Crippen LogP contribution is 2.11. The fourth-order valence-corrected chi connectivity index (χ4v) is 3.29. The summed E-state index contributed by atoms with van der Waals surface area (Å²) in [6.45, 7) is 3.43. The Morgan fingerprint density at radius 2 is 1.13 bits per heavy atom. The van der Waals surface area contributed by atoms with Crippen molar-refractivity contribution in [2.45, 2.75) is 96.8 Å². The fourth-order valence-electron chi connectivity index (χ4n) is 3.29. The minimum Gasteiger partial charge on any atom is -0.490 e. The van der Waals surface area contributed by atoms with Crippen molar-refractivity contribution in [2.75, 3.05) is 19.8 Å². The minimum atomic E-state index is -0.162. The van der Waals surface area contributed by atoms with Crippen LogP contribution in [0.5, 0.6) is 5.75 Å². The Hall–Kier alpha value is -2.04. The predicted octanol–water partition coefficient (Wildman–Crippen LogP) is 6.63. The first-order valence-electron chi connectivity index (χ1n) is 12.2. The molecule has 0 aliphatic rings. The number of rotatable bonds is 20. The monoisotopic (exact) mass is 434 g/mol. The number of unbranched alkanes of at least 4 members (excludes halogenated alkanes) is 10. The van der Waals surface area contributed by atoms with Gasteiger partial charge in [0.15, 0.2) is 0 Å². The molecule has 0 bridgehead atoms. The number of benzene rings is 1. The van der Waals surface area contributed by atoms with Crippen LogP contribution in [0.25, 0.3) is 0 Å². The minimum absolute atomic E-state index is 0.0625. The first-order valence-corrected chi connectivity index (χ1v) is 12.2. The van der Waals surface area contributed by atoms with E-state index in [2.05, 4.69) is 6.92 Å². The predicted molar refractivity (Wildman–Crippen MR) is 124 cm³/mol. The number of carbonyl (C=O) groups excluding carboxylic acids is 2. The van der Waals surface area contributed by atoms with Gasteiger partial charge in [0.25, 0.3) is 0 Å². The van der Waals surface area contributed by atoms with Gasteiger partial charge in [0.1, 0.15) is 19.0 Å². The summed E-state index contributed by atoms with van der Waals surface area (Å²) in [6.07, 6.45) is 14.1. The molecule has 176 valence electrons. The summed E-state index contributed by atoms with van der Waals surface area (Å²) in [7, 11) is 0. The van der Waals surface area contributed by atoms with Gasteiger partial charge in [0.2, 0.25) is 0 Å². The zero-order chi connectivity index (χ0) is 22.4. The van der Waals surface area contributed by atoms with Crippen molar-refractivity contribution in [1.29, 1.82) is 0 Å². The lowest BCUT2D eigenvalue weighted by molar-refractivity contribution is -0.145. The van der Waals surface area contributed by atoms with Crippen LogP contribution in [0.2, 0.25) is 0 Å². The number of carbonyl (C=O) groups is 2. The highest BCUT2D eigenvalue weighted by atomic mass is 16.6. The Morgan fingerprint density at radius 3 is 1.74 bits per heavy atom. The molecule has 0 atom stereocenters. The molecule has 0 heterocycles. The van der Waals surface area contributed by atoms with E-state index in [1.807, 2.05) is 30.3 Å². The van der Waals surface area contributed by atoms with Crippen molar-refractivity contribution in [1.82, 2.24) is 0 Å². The van der Waals surface area contributed by atoms with Crippen molar-refractivity contribution < 1.29 is 23.8 Å². The van der Waals surface area contributed by atoms with Crippen molar-refractivity contribution >= 4 is 11.9 Å². The third-order valence-corrected chi connectivity index (χ3v) is 5.13. The summed E-state index contributed by atoms with van der Waals surface area (Å²) in [5, 5.41) is 0. The Bertz CT molecular complexity index is 558. The van der Waals surface area contributed by atoms with Crippen LogP contribution in [-0.2, 0) is 19.1 Å². The van der Waals surface area contributed by atoms with Crippen LogP contribution < -0.4 is 4.74 Å². The highest BCUT2D eigenvalue weighted by molar-refractivity contribution is 5.69. The highest BCUT2D eigenvalue weighted by Gasteiger charge is 2.04. The van der Waals surface area contributed by atoms with Gasteiger partial charge in [-0.15, -0.1) is 0 Å². The van der Waals surface area contributed by atoms with E-state index in [1.165, 1.54) is 25.7 Å². The zero-order valence-corrected chi connectivity index (χ0v) is 19.4. The molecule has 0 spiro atoms. The molecule has 0 aliphatic carbocycles. The number of hydrogen-bond donors (Lipinski definition) is 0. The SMILES string of the molecule is CCCCCCCCOC(=O)CCCCCCCCC(=O)OCCOc1ccccc1. The Kier molecular flexibility index (Phi) is 17.3. The number of esters is 2. The van der Waals surface area contributed by atoms with E-state index in [0.717, 1.165) is 57.1 Å². The summed E-state index contributed by atoms with van der Waals surface area (Å²) in [6, 6.07) is 9.50. The second-order valence-electron chi connectivity index (χ2n) is 7.99. The maximum atomic E-state index is 11.7. The molecule has 0 N–H and O–H groups in total. The molecule has 1 rings (SSSR count). The summed E-state index contributed by atoms with van der Waals surface area (Å²) in [5.41, 5.74) is 0. The van der Waals surface area contributed by atoms with Crippen LogP contribution in [0.4, 0.5) is 0 Å². The molecule has 1 aromatic rings. The third kappa shape index (κ3) is 17.3. The van der Waals surface area contributed by atoms with Gasteiger partial charge in [0, 0.05) is 12.8 Å². The van der Waals surface area contributed by atoms with Gasteiger partial charge in [-0.1, -0.05) is 82.9 Å². The maximum Gasteiger partial charge on any atom is 0.305 e. The van der Waals surface area contributed by atoms with Crippen LogP contribution in [0, 0.1) is 0 Å². The average molecular weight is 435 g/mol. The second kappa shape index (κ2) is 19.9. The molecule has 5 nitrogen and oxygen atoms in total. The third-order valence-electron chi connectivity index (χ3n) is 5.13. The molecule has 5 heteroatoms. The first-order chi connectivity index (χ1) is 15.2. The maximum absolute atomic E-state index is 11.7. The van der Waals surface area contributed by atoms with Crippen LogP contribution in [-0.4, -0.2) is 31.8 Å². The second-order valence-corrected chi connectivity index (χ2v) is 7.99. The summed E-state index contributed by atoms with van der Waals surface area (Å²) < 4.78 is 16.0. The summed E-state index contributed by atoms with van der Waals surface area (Å²) in [5.74, 6) is 0.557. The van der Waals surface area contributed by atoms with E-state index in [1.54, 1.807) is 0 Å². The largest absolute Gasteiger partial charge is 0.490 e. The van der Waals surface area contributed by atoms with Crippen LogP contribution in [0.15, 0.2) is 30.3 Å². The Balaban J connectivity index is 1.81. The number of ether oxygens (including phenoxy) is 3. The van der Waals surface area contributed by atoms with Gasteiger partial charge in [-0.25, -0.2) is 0 Å². The smallest absolute Gasteiger partial charge is 0.305 e. The van der Waals surface area contributed by atoms with E-state index in [4.69, 9.17) is 14.2 Å². The lowest BCUT2D eigenvalue weighted by Crippen LogP contribution is -2.11. The van der Waals surface area contributed by atoms with Gasteiger partial charge in [-0.2, -0.15) is 0 Å². The van der Waals surface area contributed by atoms with Gasteiger partial charge >= 0.3 is 11.9 Å². The van der Waals surface area contributed by atoms with E-state index in [0.29, 0.717) is 26.1 Å². The van der Waals surface area contributed by atoms with Crippen LogP contribution in [0.3, 0.4) is 0 Å².